The summed E-state index contributed by atoms with van der Waals surface area (Å²) in [6.45, 7) is 9.91. The molecule has 1 heterocycles. The number of nitrogens with zero attached hydrogens (tertiary/aromatic N) is 3. The zero-order valence-electron chi connectivity index (χ0n) is 16.2. The Balaban J connectivity index is 2.02. The van der Waals surface area contributed by atoms with Crippen molar-refractivity contribution >= 4 is 17.6 Å². The monoisotopic (exact) mass is 363 g/mol. The largest absolute Gasteiger partial charge is 0.366 e. The van der Waals surface area contributed by atoms with Crippen LogP contribution in [0.25, 0.3) is 0 Å². The van der Waals surface area contributed by atoms with Crippen molar-refractivity contribution in [2.45, 2.75) is 20.8 Å². The van der Waals surface area contributed by atoms with Crippen LogP contribution in [0.2, 0.25) is 0 Å². The van der Waals surface area contributed by atoms with Crippen molar-refractivity contribution in [2.24, 2.45) is 10.4 Å². The third-order valence-corrected chi connectivity index (χ3v) is 4.57. The number of hydrogen-bond acceptors (Lipinski definition) is 3. The first kappa shape index (κ1) is 20.0. The van der Waals surface area contributed by atoms with Gasteiger partial charge < -0.3 is 20.4 Å². The lowest BCUT2D eigenvalue weighted by Crippen LogP contribution is -2.53. The molecule has 0 unspecified atom stereocenters. The third-order valence-electron chi connectivity index (χ3n) is 4.57. The number of para-hydroxylation sites is 1. The quantitative estimate of drug-likeness (QED) is 0.617. The molecule has 1 amide bonds. The maximum absolute atomic E-state index is 14.0. The van der Waals surface area contributed by atoms with Gasteiger partial charge in [0.1, 0.15) is 5.82 Å². The van der Waals surface area contributed by atoms with Crippen molar-refractivity contribution in [1.29, 1.82) is 0 Å². The molecule has 26 heavy (non-hydrogen) atoms. The van der Waals surface area contributed by atoms with Crippen LogP contribution in [0.4, 0.5) is 10.1 Å². The zero-order chi connectivity index (χ0) is 19.2. The van der Waals surface area contributed by atoms with Crippen molar-refractivity contribution in [3.63, 3.8) is 0 Å². The third kappa shape index (κ3) is 4.86. The molecule has 1 aromatic carbocycles. The van der Waals surface area contributed by atoms with Crippen LogP contribution in [-0.4, -0.2) is 63.1 Å². The first-order valence-electron chi connectivity index (χ1n) is 9.14. The number of anilines is 1. The minimum absolute atomic E-state index is 0.0264. The molecule has 0 saturated carbocycles. The Morgan fingerprint density at radius 2 is 1.88 bits per heavy atom. The molecular formula is C19H30FN5O. The number of halogens is 1. The van der Waals surface area contributed by atoms with E-state index in [1.165, 1.54) is 6.07 Å². The normalized spacial score (nSPS) is 15.8. The van der Waals surface area contributed by atoms with Crippen molar-refractivity contribution in [1.82, 2.24) is 15.5 Å². The Hall–Kier alpha value is -2.31. The van der Waals surface area contributed by atoms with Gasteiger partial charge in [0.2, 0.25) is 5.91 Å². The molecular weight excluding hydrogens is 333 g/mol. The fraction of sp³-hybridized carbons (Fsp3) is 0.579. The second kappa shape index (κ2) is 8.87. The van der Waals surface area contributed by atoms with E-state index in [-0.39, 0.29) is 11.7 Å². The summed E-state index contributed by atoms with van der Waals surface area (Å²) in [5.74, 6) is 0.591. The number of rotatable bonds is 5. The number of carbonyl (C=O) groups is 1. The number of carbonyl (C=O) groups excluding carboxylic acids is 1. The van der Waals surface area contributed by atoms with Crippen LogP contribution < -0.4 is 15.5 Å². The predicted octanol–water partition coefficient (Wildman–Crippen LogP) is 1.69. The van der Waals surface area contributed by atoms with Gasteiger partial charge in [-0.05, 0) is 32.9 Å². The molecule has 2 rings (SSSR count). The lowest BCUT2D eigenvalue weighted by atomic mass is 9.93. The molecule has 1 aliphatic heterocycles. The van der Waals surface area contributed by atoms with Gasteiger partial charge >= 0.3 is 0 Å². The topological polar surface area (TPSA) is 60.0 Å². The molecule has 0 spiro atoms. The highest BCUT2D eigenvalue weighted by molar-refractivity contribution is 5.83. The number of hydrogen-bond donors (Lipinski definition) is 2. The van der Waals surface area contributed by atoms with Gasteiger partial charge in [0.15, 0.2) is 5.96 Å². The van der Waals surface area contributed by atoms with Crippen LogP contribution in [0.5, 0.6) is 0 Å². The minimum atomic E-state index is -0.565. The number of aliphatic imine (C=N–C) groups is 1. The summed E-state index contributed by atoms with van der Waals surface area (Å²) in [4.78, 5) is 20.9. The van der Waals surface area contributed by atoms with E-state index in [1.54, 1.807) is 13.1 Å². The average molecular weight is 363 g/mol. The zero-order valence-corrected chi connectivity index (χ0v) is 16.2. The highest BCUT2D eigenvalue weighted by Crippen LogP contribution is 2.20. The first-order valence-corrected chi connectivity index (χ1v) is 9.14. The van der Waals surface area contributed by atoms with E-state index >= 15 is 0 Å². The number of guanidine groups is 1. The second-order valence-electron chi connectivity index (χ2n) is 7.06. The van der Waals surface area contributed by atoms with Crippen LogP contribution in [0, 0.1) is 11.2 Å². The number of benzene rings is 1. The fourth-order valence-corrected chi connectivity index (χ4v) is 2.98. The van der Waals surface area contributed by atoms with Crippen LogP contribution in [0.15, 0.2) is 29.3 Å². The number of nitrogens with one attached hydrogen (secondary N) is 2. The van der Waals surface area contributed by atoms with E-state index in [4.69, 9.17) is 0 Å². The Bertz CT molecular complexity index is 639. The molecule has 0 aliphatic carbocycles. The Kier molecular flexibility index (Phi) is 6.83. The van der Waals surface area contributed by atoms with E-state index in [1.807, 2.05) is 32.9 Å². The van der Waals surface area contributed by atoms with Crippen molar-refractivity contribution in [3.05, 3.63) is 30.1 Å². The second-order valence-corrected chi connectivity index (χ2v) is 7.06. The fourth-order valence-electron chi connectivity index (χ4n) is 2.98. The standard InChI is InChI=1S/C19H30FN5O/c1-5-22-18(23-14-19(2,3)17(26)21-4)25-12-10-24(11-13-25)16-9-7-6-8-15(16)20/h6-9H,5,10-14H2,1-4H3,(H,21,26)(H,22,23). The Morgan fingerprint density at radius 3 is 2.46 bits per heavy atom. The maximum atomic E-state index is 14.0. The predicted molar refractivity (Wildman–Crippen MR) is 104 cm³/mol. The van der Waals surface area contributed by atoms with Gasteiger partial charge in [-0.25, -0.2) is 4.39 Å². The molecule has 1 aliphatic rings. The number of piperazine rings is 1. The molecule has 1 fully saturated rings. The van der Waals surface area contributed by atoms with Crippen LogP contribution in [0.1, 0.15) is 20.8 Å². The first-order chi connectivity index (χ1) is 12.4. The summed E-state index contributed by atoms with van der Waals surface area (Å²) in [5, 5.41) is 5.98. The molecule has 2 N–H and O–H groups in total. The average Bonchev–Trinajstić information content (AvgIpc) is 2.65. The van der Waals surface area contributed by atoms with E-state index < -0.39 is 5.41 Å². The van der Waals surface area contributed by atoms with Gasteiger partial charge in [-0.3, -0.25) is 9.79 Å². The lowest BCUT2D eigenvalue weighted by molar-refractivity contribution is -0.128. The van der Waals surface area contributed by atoms with E-state index in [0.29, 0.717) is 12.2 Å². The molecule has 1 saturated heterocycles. The van der Waals surface area contributed by atoms with Gasteiger partial charge in [0.05, 0.1) is 17.6 Å². The molecule has 0 bridgehead atoms. The van der Waals surface area contributed by atoms with Gasteiger partial charge in [-0.1, -0.05) is 12.1 Å². The van der Waals surface area contributed by atoms with E-state index in [9.17, 15) is 9.18 Å². The summed E-state index contributed by atoms with van der Waals surface area (Å²) in [6, 6.07) is 6.88. The van der Waals surface area contributed by atoms with Crippen molar-refractivity contribution in [2.75, 3.05) is 51.2 Å². The molecule has 7 heteroatoms. The molecule has 6 nitrogen and oxygen atoms in total. The van der Waals surface area contributed by atoms with Crippen LogP contribution in [0.3, 0.4) is 0 Å². The smallest absolute Gasteiger partial charge is 0.227 e. The molecule has 1 aromatic rings. The Labute approximate surface area is 155 Å². The van der Waals surface area contributed by atoms with Gasteiger partial charge in [-0.15, -0.1) is 0 Å². The van der Waals surface area contributed by atoms with Crippen molar-refractivity contribution < 1.29 is 9.18 Å². The van der Waals surface area contributed by atoms with Crippen molar-refractivity contribution in [3.8, 4) is 0 Å². The van der Waals surface area contributed by atoms with Crippen LogP contribution >= 0.6 is 0 Å². The summed E-state index contributed by atoms with van der Waals surface area (Å²) < 4.78 is 14.0. The highest BCUT2D eigenvalue weighted by Gasteiger charge is 2.27. The molecule has 144 valence electrons. The molecule has 0 aromatic heterocycles. The van der Waals surface area contributed by atoms with Gasteiger partial charge in [-0.2, -0.15) is 0 Å². The van der Waals surface area contributed by atoms with E-state index in [2.05, 4.69) is 25.4 Å². The summed E-state index contributed by atoms with van der Waals surface area (Å²) in [7, 11) is 1.64. The lowest BCUT2D eigenvalue weighted by Gasteiger charge is -2.38. The summed E-state index contributed by atoms with van der Waals surface area (Å²) >= 11 is 0. The molecule has 0 radical (unpaired) electrons. The van der Waals surface area contributed by atoms with Gasteiger partial charge in [0.25, 0.3) is 0 Å². The van der Waals surface area contributed by atoms with Gasteiger partial charge in [0, 0.05) is 39.8 Å². The Morgan fingerprint density at radius 1 is 1.23 bits per heavy atom. The highest BCUT2D eigenvalue weighted by atomic mass is 19.1. The summed E-state index contributed by atoms with van der Waals surface area (Å²) in [6.07, 6.45) is 0. The van der Waals surface area contributed by atoms with Crippen LogP contribution in [-0.2, 0) is 4.79 Å². The molecule has 0 atom stereocenters. The minimum Gasteiger partial charge on any atom is -0.366 e. The maximum Gasteiger partial charge on any atom is 0.227 e. The SMILES string of the molecule is CCNC(=NCC(C)(C)C(=O)NC)N1CCN(c2ccccc2F)CC1. The van der Waals surface area contributed by atoms with E-state index in [0.717, 1.165) is 38.7 Å². The number of amides is 1. The summed E-state index contributed by atoms with van der Waals surface area (Å²) in [5.41, 5.74) is 0.0829.